The lowest BCUT2D eigenvalue weighted by atomic mass is 10.0. The van der Waals surface area contributed by atoms with Crippen LogP contribution >= 0.6 is 0 Å². The second-order valence-corrected chi connectivity index (χ2v) is 17.2. The van der Waals surface area contributed by atoms with Gasteiger partial charge in [-0.1, -0.05) is 6.42 Å². The second-order valence-electron chi connectivity index (χ2n) is 17.2. The average molecular weight is 1050 g/mol. The summed E-state index contributed by atoms with van der Waals surface area (Å²) < 4.78 is 0. The Morgan fingerprint density at radius 1 is 0.288 bits per heavy atom. The zero-order valence-electron chi connectivity index (χ0n) is 41.1. The first-order chi connectivity index (χ1) is 34.5. The van der Waals surface area contributed by atoms with Gasteiger partial charge in [-0.2, -0.15) is 0 Å². The lowest BCUT2D eigenvalue weighted by molar-refractivity contribution is -0.144. The Kier molecular flexibility index (Phi) is 34.7. The van der Waals surface area contributed by atoms with Crippen molar-refractivity contribution in [2.45, 2.75) is 177 Å². The molecule has 29 heteroatoms. The van der Waals surface area contributed by atoms with Gasteiger partial charge < -0.3 is 91.4 Å². The van der Waals surface area contributed by atoms with Crippen molar-refractivity contribution in [3.63, 3.8) is 0 Å². The first-order valence-corrected chi connectivity index (χ1v) is 24.3. The molecule has 0 heterocycles. The molecule has 0 aromatic carbocycles. The summed E-state index contributed by atoms with van der Waals surface area (Å²) in [5.41, 5.74) is 28.7. The lowest BCUT2D eigenvalue weighted by Gasteiger charge is -2.28. The first-order valence-electron chi connectivity index (χ1n) is 24.3. The van der Waals surface area contributed by atoms with Crippen LogP contribution < -0.4 is 65.9 Å². The number of unbranched alkanes of at least 4 members (excludes halogenated alkanes) is 4. The van der Waals surface area contributed by atoms with Crippen LogP contribution in [-0.2, 0) is 57.5 Å². The number of carboxylic acid groups (broad SMARTS) is 5. The molecule has 0 aromatic rings. The molecule has 416 valence electrons. The lowest BCUT2D eigenvalue weighted by Crippen LogP contribution is -2.60. The van der Waals surface area contributed by atoms with Gasteiger partial charge in [0.2, 0.25) is 41.4 Å². The summed E-state index contributed by atoms with van der Waals surface area (Å²) in [5, 5.41) is 63.4. The summed E-state index contributed by atoms with van der Waals surface area (Å²) in [5.74, 6) is -14.5. The number of aliphatic carboxylic acids is 5. The number of nitrogens with two attached hydrogens (primary N) is 5. The number of amides is 7. The molecule has 29 nitrogen and oxygen atoms in total. The van der Waals surface area contributed by atoms with Crippen LogP contribution in [0.1, 0.15) is 128 Å². The van der Waals surface area contributed by atoms with E-state index in [9.17, 15) is 78.0 Å². The van der Waals surface area contributed by atoms with E-state index in [1.165, 1.54) is 0 Å². The summed E-state index contributed by atoms with van der Waals surface area (Å²) in [7, 11) is 0. The van der Waals surface area contributed by atoms with Crippen molar-refractivity contribution in [1.82, 2.24) is 37.2 Å². The Bertz CT molecular complexity index is 1830. The highest BCUT2D eigenvalue weighted by molar-refractivity contribution is 5.98. The molecular weight excluding hydrogens is 969 g/mol. The van der Waals surface area contributed by atoms with Crippen molar-refractivity contribution in [2.24, 2.45) is 28.7 Å². The summed E-state index contributed by atoms with van der Waals surface area (Å²) in [4.78, 5) is 153. The van der Waals surface area contributed by atoms with Crippen molar-refractivity contribution in [2.75, 3.05) is 26.2 Å². The van der Waals surface area contributed by atoms with Crippen LogP contribution in [0.4, 0.5) is 0 Å². The highest BCUT2D eigenvalue weighted by atomic mass is 16.4. The Morgan fingerprint density at radius 3 is 0.726 bits per heavy atom. The van der Waals surface area contributed by atoms with E-state index in [2.05, 4.69) is 31.9 Å². The molecule has 0 saturated heterocycles. The van der Waals surface area contributed by atoms with Crippen LogP contribution in [-0.4, -0.2) is 171 Å². The molecule has 0 spiro atoms. The highest BCUT2D eigenvalue weighted by Crippen LogP contribution is 2.12. The minimum Gasteiger partial charge on any atom is -0.481 e. The summed E-state index contributed by atoms with van der Waals surface area (Å²) in [6.45, 7) is 1.09. The third-order valence-corrected chi connectivity index (χ3v) is 11.1. The topological polar surface area (TPSA) is 520 Å². The van der Waals surface area contributed by atoms with E-state index in [-0.39, 0.29) is 38.8 Å². The van der Waals surface area contributed by atoms with E-state index < -0.39 is 171 Å². The van der Waals surface area contributed by atoms with Gasteiger partial charge >= 0.3 is 29.8 Å². The fourth-order valence-electron chi connectivity index (χ4n) is 6.97. The quantitative estimate of drug-likeness (QED) is 0.0257. The number of carbonyl (C=O) groups excluding carboxylic acids is 7. The van der Waals surface area contributed by atoms with Gasteiger partial charge in [0.05, 0.1) is 6.04 Å². The number of rotatable bonds is 43. The van der Waals surface area contributed by atoms with E-state index in [0.29, 0.717) is 64.5 Å². The predicted octanol–water partition coefficient (Wildman–Crippen LogP) is -4.23. The summed E-state index contributed by atoms with van der Waals surface area (Å²) in [6.07, 6.45) is -1.84. The van der Waals surface area contributed by atoms with E-state index in [4.69, 9.17) is 33.8 Å². The summed E-state index contributed by atoms with van der Waals surface area (Å²) >= 11 is 0. The molecule has 22 N–H and O–H groups in total. The highest BCUT2D eigenvalue weighted by Gasteiger charge is 2.35. The maximum absolute atomic E-state index is 14.1. The van der Waals surface area contributed by atoms with Crippen LogP contribution in [0.25, 0.3) is 0 Å². The predicted molar refractivity (Wildman–Crippen MR) is 258 cm³/mol. The maximum Gasteiger partial charge on any atom is 0.326 e. The Hall–Kier alpha value is -6.56. The molecule has 0 rings (SSSR count). The van der Waals surface area contributed by atoms with Crippen LogP contribution in [0.15, 0.2) is 0 Å². The molecule has 0 fully saturated rings. The van der Waals surface area contributed by atoms with Crippen molar-refractivity contribution >= 4 is 71.2 Å². The smallest absolute Gasteiger partial charge is 0.326 e. The third-order valence-electron chi connectivity index (χ3n) is 11.1. The van der Waals surface area contributed by atoms with Crippen LogP contribution in [0, 0.1) is 0 Å². The van der Waals surface area contributed by atoms with E-state index in [1.54, 1.807) is 0 Å². The van der Waals surface area contributed by atoms with E-state index >= 15 is 0 Å². The third kappa shape index (κ3) is 30.2. The van der Waals surface area contributed by atoms with Gasteiger partial charge in [-0.25, -0.2) is 4.79 Å². The number of carbonyl (C=O) groups is 12. The Morgan fingerprint density at radius 2 is 0.493 bits per heavy atom. The van der Waals surface area contributed by atoms with Crippen molar-refractivity contribution in [3.05, 3.63) is 0 Å². The summed E-state index contributed by atoms with van der Waals surface area (Å²) in [6, 6.07) is -12.2. The maximum atomic E-state index is 14.1. The minimum atomic E-state index is -1.87. The molecule has 0 radical (unpaired) electrons. The molecular formula is C44H78N12O17. The number of hydrogen-bond acceptors (Lipinski definition) is 17. The van der Waals surface area contributed by atoms with E-state index in [0.717, 1.165) is 0 Å². The zero-order chi connectivity index (χ0) is 55.5. The second kappa shape index (κ2) is 38.1. The van der Waals surface area contributed by atoms with Crippen molar-refractivity contribution in [1.29, 1.82) is 0 Å². The Labute approximate surface area is 422 Å². The molecule has 0 bridgehead atoms. The fourth-order valence-corrected chi connectivity index (χ4v) is 6.97. The zero-order valence-corrected chi connectivity index (χ0v) is 41.1. The molecule has 0 saturated carbocycles. The van der Waals surface area contributed by atoms with Gasteiger partial charge in [-0.05, 0) is 122 Å². The Balaban J connectivity index is 6.83. The molecule has 0 aromatic heterocycles. The minimum absolute atomic E-state index is 0.0150. The van der Waals surface area contributed by atoms with Crippen LogP contribution in [0.5, 0.6) is 0 Å². The van der Waals surface area contributed by atoms with Crippen molar-refractivity contribution < 1.29 is 83.1 Å². The van der Waals surface area contributed by atoms with Crippen LogP contribution in [0.3, 0.4) is 0 Å². The molecule has 7 amide bonds. The van der Waals surface area contributed by atoms with Crippen LogP contribution in [0.2, 0.25) is 0 Å². The number of carboxylic acids is 5. The van der Waals surface area contributed by atoms with Gasteiger partial charge in [0, 0.05) is 25.7 Å². The average Bonchev–Trinajstić information content (AvgIpc) is 3.32. The fraction of sp³-hybridized carbons (Fsp3) is 0.727. The molecule has 0 aliphatic carbocycles. The van der Waals surface area contributed by atoms with Crippen molar-refractivity contribution in [3.8, 4) is 0 Å². The molecule has 0 aliphatic heterocycles. The standard InChI is InChI=1S/C44H78N12O17/c45-21-5-1-9-25(49)37(65)50-26(10-2-6-22-46)38(66)51-27(11-3-7-23-47)39(67)52-28(12-4-8-24-48)40(68)53-29(13-17-33(57)58)41(69)54-30(14-18-34(59)60)42(70)55-31(15-19-35(61)62)43(71)56-32(44(72)73)16-20-36(63)64/h25-32H,1-24,45-49H2,(H,50,65)(H,51,66)(H,52,67)(H,53,68)(H,54,69)(H,55,70)(H,56,71)(H,57,58)(H,59,60)(H,61,62)(H,63,64)(H,72,73)/t25-,26-,27-,28-,29-,30-,31-,32-/m0/s1. The van der Waals surface area contributed by atoms with E-state index in [1.807, 2.05) is 5.32 Å². The van der Waals surface area contributed by atoms with Gasteiger partial charge in [-0.3, -0.25) is 52.7 Å². The first kappa shape index (κ1) is 66.4. The SMILES string of the molecule is NCCCC[C@H](NC(=O)[C@H](CCCCN)NC(=O)[C@H](CCCCN)NC(=O)[C@@H](N)CCCCN)C(=O)N[C@@H](CCC(=O)O)C(=O)N[C@@H](CCC(=O)O)C(=O)N[C@@H](CCC(=O)O)C(=O)N[C@@H](CCC(=O)O)C(=O)O. The van der Waals surface area contributed by atoms with Gasteiger partial charge in [-0.15, -0.1) is 0 Å². The van der Waals surface area contributed by atoms with Gasteiger partial charge in [0.1, 0.15) is 42.3 Å². The molecule has 8 atom stereocenters. The molecule has 73 heavy (non-hydrogen) atoms. The van der Waals surface area contributed by atoms with Gasteiger partial charge in [0.15, 0.2) is 0 Å². The molecule has 0 unspecified atom stereocenters. The largest absolute Gasteiger partial charge is 0.481 e. The molecule has 0 aliphatic rings. The number of hydrogen-bond donors (Lipinski definition) is 17. The monoisotopic (exact) mass is 1050 g/mol. The number of nitrogens with one attached hydrogen (secondary N) is 7. The normalized spacial score (nSPS) is 14.3. The van der Waals surface area contributed by atoms with Gasteiger partial charge in [0.25, 0.3) is 0 Å².